The van der Waals surface area contributed by atoms with Crippen molar-refractivity contribution < 1.29 is 18.7 Å². The van der Waals surface area contributed by atoms with Crippen LogP contribution >= 0.6 is 0 Å². The van der Waals surface area contributed by atoms with Crippen LogP contribution in [0.4, 0.5) is 4.39 Å². The molecule has 0 saturated heterocycles. The van der Waals surface area contributed by atoms with Gasteiger partial charge < -0.3 is 9.47 Å². The molecule has 0 radical (unpaired) electrons. The summed E-state index contributed by atoms with van der Waals surface area (Å²) in [5, 5.41) is 4.03. The Kier molecular flexibility index (Phi) is 7.55. The molecule has 3 rings (SSSR count). The van der Waals surface area contributed by atoms with Gasteiger partial charge in [-0.1, -0.05) is 31.2 Å². The molecule has 0 unspecified atom stereocenters. The lowest BCUT2D eigenvalue weighted by Crippen LogP contribution is -2.17. The van der Waals surface area contributed by atoms with Crippen molar-refractivity contribution >= 4 is 12.1 Å². The van der Waals surface area contributed by atoms with Gasteiger partial charge in [-0.15, -0.1) is 0 Å². The predicted octanol–water partition coefficient (Wildman–Crippen LogP) is 4.96. The molecule has 0 fully saturated rings. The number of benzene rings is 3. The van der Waals surface area contributed by atoms with Crippen molar-refractivity contribution in [1.29, 1.82) is 0 Å². The van der Waals surface area contributed by atoms with Crippen molar-refractivity contribution in [3.05, 3.63) is 95.3 Å². The number of hydrogen-bond donors (Lipinski definition) is 1. The van der Waals surface area contributed by atoms with E-state index in [0.29, 0.717) is 30.1 Å². The van der Waals surface area contributed by atoms with Crippen molar-refractivity contribution in [3.63, 3.8) is 0 Å². The van der Waals surface area contributed by atoms with Gasteiger partial charge in [-0.2, -0.15) is 5.10 Å². The summed E-state index contributed by atoms with van der Waals surface area (Å²) in [4.78, 5) is 12.3. The fourth-order valence-corrected chi connectivity index (χ4v) is 2.61. The third kappa shape index (κ3) is 6.17. The number of carbonyl (C=O) groups excluding carboxylic acids is 1. The first-order valence-electron chi connectivity index (χ1n) is 9.68. The van der Waals surface area contributed by atoms with E-state index in [1.54, 1.807) is 36.4 Å². The second-order valence-electron chi connectivity index (χ2n) is 6.52. The Morgan fingerprint density at radius 1 is 1.00 bits per heavy atom. The summed E-state index contributed by atoms with van der Waals surface area (Å²) >= 11 is 0. The molecule has 0 heterocycles. The molecule has 0 aliphatic carbocycles. The van der Waals surface area contributed by atoms with Crippen LogP contribution in [-0.4, -0.2) is 18.7 Å². The zero-order valence-corrected chi connectivity index (χ0v) is 16.7. The third-order valence-corrected chi connectivity index (χ3v) is 4.19. The fourth-order valence-electron chi connectivity index (χ4n) is 2.61. The van der Waals surface area contributed by atoms with Crippen molar-refractivity contribution in [2.75, 3.05) is 6.61 Å². The van der Waals surface area contributed by atoms with Crippen molar-refractivity contribution in [1.82, 2.24) is 5.43 Å². The van der Waals surface area contributed by atoms with Gasteiger partial charge in [0.15, 0.2) is 0 Å². The van der Waals surface area contributed by atoms with Crippen LogP contribution in [0.5, 0.6) is 11.5 Å². The second-order valence-corrected chi connectivity index (χ2v) is 6.52. The minimum Gasteiger partial charge on any atom is -0.494 e. The van der Waals surface area contributed by atoms with Gasteiger partial charge in [-0.05, 0) is 60.5 Å². The highest BCUT2D eigenvalue weighted by Gasteiger charge is 2.05. The van der Waals surface area contributed by atoms with E-state index in [1.807, 2.05) is 31.2 Å². The zero-order valence-electron chi connectivity index (χ0n) is 16.7. The van der Waals surface area contributed by atoms with E-state index in [4.69, 9.17) is 9.47 Å². The van der Waals surface area contributed by atoms with Gasteiger partial charge in [0.05, 0.1) is 12.8 Å². The Bertz CT molecular complexity index is 986. The fraction of sp³-hybridized carbons (Fsp3) is 0.167. The molecule has 0 atom stereocenters. The average molecular weight is 406 g/mol. The lowest BCUT2D eigenvalue weighted by atomic mass is 10.2. The Morgan fingerprint density at radius 3 is 2.47 bits per heavy atom. The molecule has 0 saturated carbocycles. The normalized spacial score (nSPS) is 10.7. The molecule has 1 N–H and O–H groups in total. The molecule has 1 amide bonds. The molecule has 30 heavy (non-hydrogen) atoms. The van der Waals surface area contributed by atoms with Crippen molar-refractivity contribution in [2.24, 2.45) is 5.10 Å². The summed E-state index contributed by atoms with van der Waals surface area (Å²) in [5.74, 6) is 0.726. The Hall–Kier alpha value is -3.67. The number of rotatable bonds is 9. The third-order valence-electron chi connectivity index (χ3n) is 4.19. The van der Waals surface area contributed by atoms with Gasteiger partial charge in [0.25, 0.3) is 5.91 Å². The molecule has 3 aromatic rings. The second kappa shape index (κ2) is 10.8. The largest absolute Gasteiger partial charge is 0.494 e. The van der Waals surface area contributed by atoms with E-state index in [0.717, 1.165) is 17.7 Å². The summed E-state index contributed by atoms with van der Waals surface area (Å²) in [6, 6.07) is 20.4. The minimum atomic E-state index is -0.321. The van der Waals surface area contributed by atoms with Crippen molar-refractivity contribution in [2.45, 2.75) is 20.0 Å². The van der Waals surface area contributed by atoms with E-state index in [9.17, 15) is 9.18 Å². The first-order valence-corrected chi connectivity index (χ1v) is 9.68. The maximum atomic E-state index is 13.0. The number of nitrogens with zero attached hydrogens (tertiary/aromatic N) is 1. The van der Waals surface area contributed by atoms with Crippen LogP contribution in [0.15, 0.2) is 77.9 Å². The molecule has 3 aromatic carbocycles. The van der Waals surface area contributed by atoms with Gasteiger partial charge >= 0.3 is 0 Å². The smallest absolute Gasteiger partial charge is 0.271 e. The first kappa shape index (κ1) is 21.0. The quantitative estimate of drug-likeness (QED) is 0.404. The topological polar surface area (TPSA) is 59.9 Å². The molecule has 0 aliphatic heterocycles. The van der Waals surface area contributed by atoms with Gasteiger partial charge in [-0.3, -0.25) is 4.79 Å². The average Bonchev–Trinajstić information content (AvgIpc) is 2.78. The highest BCUT2D eigenvalue weighted by molar-refractivity contribution is 5.95. The summed E-state index contributed by atoms with van der Waals surface area (Å²) in [6.45, 7) is 2.97. The monoisotopic (exact) mass is 406 g/mol. The Morgan fingerprint density at radius 2 is 1.73 bits per heavy atom. The maximum absolute atomic E-state index is 13.0. The van der Waals surface area contributed by atoms with Crippen LogP contribution in [0.1, 0.15) is 34.8 Å². The number of ether oxygens (including phenoxy) is 2. The SMILES string of the molecule is CCCOc1ccc(C(=O)N/N=C/c2ccccc2OCc2ccc(F)cc2)cc1. The Balaban J connectivity index is 1.58. The number of carbonyl (C=O) groups is 1. The Labute approximate surface area is 175 Å². The number of halogens is 1. The van der Waals surface area contributed by atoms with Crippen LogP contribution in [0, 0.1) is 5.82 Å². The standard InChI is InChI=1S/C24H23FN2O3/c1-2-15-29-22-13-9-19(10-14-22)24(28)27-26-16-20-5-3-4-6-23(20)30-17-18-7-11-21(25)12-8-18/h3-14,16H,2,15,17H2,1H3,(H,27,28)/b26-16+. The summed E-state index contributed by atoms with van der Waals surface area (Å²) in [6.07, 6.45) is 2.45. The van der Waals surface area contributed by atoms with E-state index < -0.39 is 0 Å². The summed E-state index contributed by atoms with van der Waals surface area (Å²) < 4.78 is 24.3. The van der Waals surface area contributed by atoms with E-state index in [2.05, 4.69) is 10.5 Å². The lowest BCUT2D eigenvalue weighted by Gasteiger charge is -2.09. The molecule has 0 bridgehead atoms. The molecule has 0 aliphatic rings. The number of hydrazone groups is 1. The number of amides is 1. The lowest BCUT2D eigenvalue weighted by molar-refractivity contribution is 0.0955. The highest BCUT2D eigenvalue weighted by Crippen LogP contribution is 2.18. The van der Waals surface area contributed by atoms with Gasteiger partial charge in [0, 0.05) is 11.1 Å². The van der Waals surface area contributed by atoms with E-state index >= 15 is 0 Å². The zero-order chi connectivity index (χ0) is 21.2. The molecular formula is C24H23FN2O3. The number of nitrogens with one attached hydrogen (secondary N) is 1. The van der Waals surface area contributed by atoms with Crippen LogP contribution in [-0.2, 0) is 6.61 Å². The van der Waals surface area contributed by atoms with Crippen LogP contribution < -0.4 is 14.9 Å². The van der Waals surface area contributed by atoms with Gasteiger partial charge in [-0.25, -0.2) is 9.82 Å². The van der Waals surface area contributed by atoms with E-state index in [-0.39, 0.29) is 11.7 Å². The predicted molar refractivity (Wildman–Crippen MR) is 114 cm³/mol. The molecule has 5 nitrogen and oxygen atoms in total. The van der Waals surface area contributed by atoms with Gasteiger partial charge in [0.2, 0.25) is 0 Å². The highest BCUT2D eigenvalue weighted by atomic mass is 19.1. The number of para-hydroxylation sites is 1. The van der Waals surface area contributed by atoms with Gasteiger partial charge in [0.1, 0.15) is 23.9 Å². The molecule has 0 spiro atoms. The van der Waals surface area contributed by atoms with Crippen LogP contribution in [0.2, 0.25) is 0 Å². The summed E-state index contributed by atoms with van der Waals surface area (Å²) in [7, 11) is 0. The summed E-state index contributed by atoms with van der Waals surface area (Å²) in [5.41, 5.74) is 4.55. The first-order chi connectivity index (χ1) is 14.7. The van der Waals surface area contributed by atoms with Crippen LogP contribution in [0.3, 0.4) is 0 Å². The maximum Gasteiger partial charge on any atom is 0.271 e. The van der Waals surface area contributed by atoms with E-state index in [1.165, 1.54) is 18.3 Å². The molecule has 6 heteroatoms. The molecule has 0 aromatic heterocycles. The van der Waals surface area contributed by atoms with Crippen LogP contribution in [0.25, 0.3) is 0 Å². The molecular weight excluding hydrogens is 383 g/mol. The minimum absolute atomic E-state index is 0.287. The van der Waals surface area contributed by atoms with Crippen molar-refractivity contribution in [3.8, 4) is 11.5 Å². The number of hydrogen-bond acceptors (Lipinski definition) is 4. The molecule has 154 valence electrons.